The van der Waals surface area contributed by atoms with Crippen molar-refractivity contribution >= 4 is 12.0 Å². The van der Waals surface area contributed by atoms with E-state index in [9.17, 15) is 9.59 Å². The van der Waals surface area contributed by atoms with Crippen LogP contribution in [0, 0.1) is 5.92 Å². The summed E-state index contributed by atoms with van der Waals surface area (Å²) in [5.74, 6) is 1.07. The van der Waals surface area contributed by atoms with Gasteiger partial charge in [-0.2, -0.15) is 4.98 Å². The summed E-state index contributed by atoms with van der Waals surface area (Å²) >= 11 is 0. The van der Waals surface area contributed by atoms with Crippen molar-refractivity contribution in [3.8, 4) is 11.5 Å². The average molecular weight is 457 g/mol. The van der Waals surface area contributed by atoms with Gasteiger partial charge in [0.25, 0.3) is 11.8 Å². The molecule has 0 bridgehead atoms. The van der Waals surface area contributed by atoms with Crippen LogP contribution in [0.15, 0.2) is 28.8 Å². The quantitative estimate of drug-likeness (QED) is 0.659. The summed E-state index contributed by atoms with van der Waals surface area (Å²) in [6.07, 6.45) is 1.49. The number of carbonyl (C=O) groups excluding carboxylic acids is 2. The van der Waals surface area contributed by atoms with E-state index in [0.717, 1.165) is 12.8 Å². The van der Waals surface area contributed by atoms with E-state index >= 15 is 0 Å². The molecule has 1 aliphatic heterocycles. The Hall–Kier alpha value is -2.90. The van der Waals surface area contributed by atoms with Gasteiger partial charge in [-0.25, -0.2) is 4.79 Å². The maximum atomic E-state index is 13.5. The van der Waals surface area contributed by atoms with Crippen LogP contribution in [-0.4, -0.2) is 64.2 Å². The lowest BCUT2D eigenvalue weighted by Crippen LogP contribution is -2.45. The highest BCUT2D eigenvalue weighted by Crippen LogP contribution is 2.28. The molecule has 0 spiro atoms. The molecular formula is C25H36N4O4. The van der Waals surface area contributed by atoms with E-state index in [2.05, 4.69) is 10.1 Å². The molecule has 180 valence electrons. The molecule has 2 heterocycles. The van der Waals surface area contributed by atoms with Crippen LogP contribution in [0.5, 0.6) is 0 Å². The molecule has 1 aliphatic rings. The second-order valence-electron chi connectivity index (χ2n) is 10.8. The van der Waals surface area contributed by atoms with Gasteiger partial charge in [0, 0.05) is 32.1 Å². The number of carbonyl (C=O) groups is 2. The molecule has 33 heavy (non-hydrogen) atoms. The molecule has 8 nitrogen and oxygen atoms in total. The highest BCUT2D eigenvalue weighted by atomic mass is 16.6. The normalized spacial score (nSPS) is 17.1. The first kappa shape index (κ1) is 24.7. The average Bonchev–Trinajstić information content (AvgIpc) is 3.23. The summed E-state index contributed by atoms with van der Waals surface area (Å²) in [4.78, 5) is 33.8. The maximum Gasteiger partial charge on any atom is 0.410 e. The molecule has 0 saturated carbocycles. The number of ether oxygens (including phenoxy) is 1. The zero-order valence-corrected chi connectivity index (χ0v) is 20.8. The smallest absolute Gasteiger partial charge is 0.410 e. The SMILES string of the molecule is CN(CC1CCCN(C(=O)c2ccccc2-c2nc(C(C)(C)C)no2)C1)C(=O)OC(C)(C)C. The summed E-state index contributed by atoms with van der Waals surface area (Å²) in [6, 6.07) is 7.34. The van der Waals surface area contributed by atoms with E-state index in [0.29, 0.717) is 42.5 Å². The molecule has 2 amide bonds. The van der Waals surface area contributed by atoms with Crippen LogP contribution in [0.2, 0.25) is 0 Å². The number of amides is 2. The van der Waals surface area contributed by atoms with Gasteiger partial charge < -0.3 is 19.1 Å². The second-order valence-corrected chi connectivity index (χ2v) is 10.8. The predicted octanol–water partition coefficient (Wildman–Crippen LogP) is 4.75. The third-order valence-corrected chi connectivity index (χ3v) is 5.53. The Morgan fingerprint density at radius 3 is 2.52 bits per heavy atom. The van der Waals surface area contributed by atoms with Crippen LogP contribution in [0.4, 0.5) is 4.79 Å². The molecule has 3 rings (SSSR count). The molecule has 1 saturated heterocycles. The van der Waals surface area contributed by atoms with Crippen LogP contribution in [0.25, 0.3) is 11.5 Å². The third kappa shape index (κ3) is 6.33. The Balaban J connectivity index is 1.73. The fraction of sp³-hybridized carbons (Fsp3) is 0.600. The van der Waals surface area contributed by atoms with E-state index in [1.54, 1.807) is 18.0 Å². The molecule has 1 aromatic carbocycles. The van der Waals surface area contributed by atoms with Crippen LogP contribution in [0.1, 0.15) is 70.6 Å². The van der Waals surface area contributed by atoms with Crippen molar-refractivity contribution in [1.29, 1.82) is 0 Å². The summed E-state index contributed by atoms with van der Waals surface area (Å²) < 4.78 is 11.0. The van der Waals surface area contributed by atoms with Gasteiger partial charge in [-0.15, -0.1) is 0 Å². The van der Waals surface area contributed by atoms with Gasteiger partial charge in [0.2, 0.25) is 0 Å². The minimum absolute atomic E-state index is 0.0641. The number of hydrogen-bond acceptors (Lipinski definition) is 6. The van der Waals surface area contributed by atoms with Gasteiger partial charge in [-0.05, 0) is 51.7 Å². The monoisotopic (exact) mass is 456 g/mol. The summed E-state index contributed by atoms with van der Waals surface area (Å²) in [5, 5.41) is 4.10. The second kappa shape index (κ2) is 9.53. The molecule has 1 fully saturated rings. The number of piperidine rings is 1. The van der Waals surface area contributed by atoms with Crippen molar-refractivity contribution in [2.75, 3.05) is 26.7 Å². The molecular weight excluding hydrogens is 420 g/mol. The largest absolute Gasteiger partial charge is 0.444 e. The number of likely N-dealkylation sites (tertiary alicyclic amines) is 1. The summed E-state index contributed by atoms with van der Waals surface area (Å²) in [6.45, 7) is 13.4. The van der Waals surface area contributed by atoms with E-state index in [4.69, 9.17) is 9.26 Å². The zero-order valence-electron chi connectivity index (χ0n) is 20.8. The lowest BCUT2D eigenvalue weighted by Gasteiger charge is -2.35. The van der Waals surface area contributed by atoms with Crippen molar-refractivity contribution in [2.24, 2.45) is 5.92 Å². The van der Waals surface area contributed by atoms with Gasteiger partial charge in [0.15, 0.2) is 5.82 Å². The molecule has 8 heteroatoms. The Morgan fingerprint density at radius 1 is 1.18 bits per heavy atom. The molecule has 0 N–H and O–H groups in total. The first-order valence-corrected chi connectivity index (χ1v) is 11.5. The number of nitrogens with zero attached hydrogens (tertiary/aromatic N) is 4. The van der Waals surface area contributed by atoms with Gasteiger partial charge >= 0.3 is 6.09 Å². The Labute approximate surface area is 196 Å². The van der Waals surface area contributed by atoms with Gasteiger partial charge in [-0.1, -0.05) is 38.1 Å². The molecule has 0 aliphatic carbocycles. The summed E-state index contributed by atoms with van der Waals surface area (Å²) in [7, 11) is 1.74. The van der Waals surface area contributed by atoms with Crippen LogP contribution < -0.4 is 0 Å². The molecule has 1 atom stereocenters. The minimum Gasteiger partial charge on any atom is -0.444 e. The number of aromatic nitrogens is 2. The Morgan fingerprint density at radius 2 is 1.88 bits per heavy atom. The van der Waals surface area contributed by atoms with Crippen molar-refractivity contribution in [2.45, 2.75) is 65.4 Å². The lowest BCUT2D eigenvalue weighted by atomic mass is 9.95. The third-order valence-electron chi connectivity index (χ3n) is 5.53. The number of hydrogen-bond donors (Lipinski definition) is 0. The zero-order chi connectivity index (χ0) is 24.4. The number of benzene rings is 1. The topological polar surface area (TPSA) is 88.8 Å². The van der Waals surface area contributed by atoms with Gasteiger partial charge in [0.1, 0.15) is 5.60 Å². The van der Waals surface area contributed by atoms with Crippen molar-refractivity contribution in [1.82, 2.24) is 19.9 Å². The lowest BCUT2D eigenvalue weighted by molar-refractivity contribution is 0.0244. The van der Waals surface area contributed by atoms with E-state index in [1.807, 2.05) is 64.6 Å². The minimum atomic E-state index is -0.536. The standard InChI is InChI=1S/C25H36N4O4/c1-24(2,3)22-26-20(33-27-22)18-12-8-9-13-19(18)21(30)29-14-10-11-17(16-29)15-28(7)23(31)32-25(4,5)6/h8-9,12-13,17H,10-11,14-16H2,1-7H3. The van der Waals surface area contributed by atoms with Crippen LogP contribution >= 0.6 is 0 Å². The van der Waals surface area contributed by atoms with Crippen LogP contribution in [0.3, 0.4) is 0 Å². The molecule has 2 aromatic rings. The fourth-order valence-electron chi connectivity index (χ4n) is 3.86. The van der Waals surface area contributed by atoms with Gasteiger partial charge in [0.05, 0.1) is 11.1 Å². The highest BCUT2D eigenvalue weighted by molar-refractivity contribution is 6.00. The Kier molecular flexibility index (Phi) is 7.14. The first-order valence-electron chi connectivity index (χ1n) is 11.5. The molecule has 1 unspecified atom stereocenters. The number of rotatable bonds is 4. The van der Waals surface area contributed by atoms with Crippen molar-refractivity contribution in [3.05, 3.63) is 35.7 Å². The van der Waals surface area contributed by atoms with Crippen LogP contribution in [-0.2, 0) is 10.2 Å². The highest BCUT2D eigenvalue weighted by Gasteiger charge is 2.30. The van der Waals surface area contributed by atoms with Crippen molar-refractivity contribution in [3.63, 3.8) is 0 Å². The molecule has 1 aromatic heterocycles. The fourth-order valence-corrected chi connectivity index (χ4v) is 3.86. The van der Waals surface area contributed by atoms with Gasteiger partial charge in [-0.3, -0.25) is 4.79 Å². The van der Waals surface area contributed by atoms with Crippen molar-refractivity contribution < 1.29 is 18.8 Å². The van der Waals surface area contributed by atoms with E-state index in [1.165, 1.54) is 0 Å². The molecule has 0 radical (unpaired) electrons. The predicted molar refractivity (Wildman–Crippen MR) is 126 cm³/mol. The van der Waals surface area contributed by atoms with E-state index < -0.39 is 5.60 Å². The maximum absolute atomic E-state index is 13.5. The first-order chi connectivity index (χ1) is 15.3. The Bertz CT molecular complexity index is 987. The summed E-state index contributed by atoms with van der Waals surface area (Å²) in [5.41, 5.74) is 0.396. The van der Waals surface area contributed by atoms with E-state index in [-0.39, 0.29) is 23.3 Å².